The largest absolute Gasteiger partial charge is 0.448 e. The molecular formula is C12H21N5O2. The van der Waals surface area contributed by atoms with Crippen molar-refractivity contribution in [3.8, 4) is 0 Å². The summed E-state index contributed by atoms with van der Waals surface area (Å²) >= 11 is 0. The summed E-state index contributed by atoms with van der Waals surface area (Å²) in [7, 11) is 0. The van der Waals surface area contributed by atoms with Crippen LogP contribution in [0.1, 0.15) is 25.8 Å². The molecule has 19 heavy (non-hydrogen) atoms. The van der Waals surface area contributed by atoms with E-state index in [0.29, 0.717) is 6.54 Å². The van der Waals surface area contributed by atoms with Gasteiger partial charge >= 0.3 is 6.09 Å². The van der Waals surface area contributed by atoms with Gasteiger partial charge in [0, 0.05) is 12.1 Å². The molecule has 0 aliphatic heterocycles. The first-order valence-corrected chi connectivity index (χ1v) is 6.42. The van der Waals surface area contributed by atoms with Crippen molar-refractivity contribution in [1.29, 1.82) is 0 Å². The summed E-state index contributed by atoms with van der Waals surface area (Å²) in [6.07, 6.45) is 2.61. The van der Waals surface area contributed by atoms with Gasteiger partial charge in [-0.1, -0.05) is 13.3 Å². The van der Waals surface area contributed by atoms with E-state index in [1.807, 2.05) is 6.92 Å². The second-order valence-electron chi connectivity index (χ2n) is 3.92. The van der Waals surface area contributed by atoms with Gasteiger partial charge in [0.2, 0.25) is 0 Å². The third-order valence-corrected chi connectivity index (χ3v) is 2.43. The lowest BCUT2D eigenvalue weighted by atomic mass is 10.1. The molecule has 7 heteroatoms. The van der Waals surface area contributed by atoms with Crippen molar-refractivity contribution in [1.82, 2.24) is 9.97 Å². The van der Waals surface area contributed by atoms with Crippen molar-refractivity contribution < 1.29 is 9.53 Å². The van der Waals surface area contributed by atoms with Gasteiger partial charge in [-0.15, -0.1) is 0 Å². The number of carbonyl (C=O) groups is 1. The van der Waals surface area contributed by atoms with Crippen molar-refractivity contribution in [3.05, 3.63) is 11.9 Å². The molecule has 106 valence electrons. The molecule has 1 heterocycles. The number of nitrogens with zero attached hydrogens (tertiary/aromatic N) is 2. The molecule has 1 aromatic heterocycles. The number of ether oxygens (including phenoxy) is 1. The summed E-state index contributed by atoms with van der Waals surface area (Å²) in [5.41, 5.74) is 5.94. The van der Waals surface area contributed by atoms with Crippen LogP contribution in [-0.2, 0) is 11.2 Å². The summed E-state index contributed by atoms with van der Waals surface area (Å²) in [4.78, 5) is 18.9. The SMILES string of the molecule is CCCc1c(NCC)ncnc1NCCOC(N)=O. The maximum Gasteiger partial charge on any atom is 0.404 e. The first-order valence-electron chi connectivity index (χ1n) is 6.42. The first-order chi connectivity index (χ1) is 9.19. The molecular weight excluding hydrogens is 246 g/mol. The van der Waals surface area contributed by atoms with Crippen LogP contribution in [0.4, 0.5) is 16.4 Å². The van der Waals surface area contributed by atoms with Crippen LogP contribution in [0.15, 0.2) is 6.33 Å². The number of carbonyl (C=O) groups excluding carboxylic acids is 1. The lowest BCUT2D eigenvalue weighted by molar-refractivity contribution is 0.161. The topological polar surface area (TPSA) is 102 Å². The second-order valence-corrected chi connectivity index (χ2v) is 3.92. The van der Waals surface area contributed by atoms with Crippen molar-refractivity contribution in [2.45, 2.75) is 26.7 Å². The molecule has 7 nitrogen and oxygen atoms in total. The number of anilines is 2. The summed E-state index contributed by atoms with van der Waals surface area (Å²) in [5, 5.41) is 6.34. The molecule has 0 bridgehead atoms. The highest BCUT2D eigenvalue weighted by Crippen LogP contribution is 2.21. The lowest BCUT2D eigenvalue weighted by Gasteiger charge is -2.14. The van der Waals surface area contributed by atoms with Gasteiger partial charge in [0.15, 0.2) is 0 Å². The van der Waals surface area contributed by atoms with Crippen LogP contribution in [-0.4, -0.2) is 35.8 Å². The average Bonchev–Trinajstić information content (AvgIpc) is 2.38. The quantitative estimate of drug-likeness (QED) is 0.615. The normalized spacial score (nSPS) is 10.0. The van der Waals surface area contributed by atoms with Gasteiger partial charge in [-0.2, -0.15) is 0 Å². The summed E-state index contributed by atoms with van der Waals surface area (Å²) < 4.78 is 4.66. The summed E-state index contributed by atoms with van der Waals surface area (Å²) in [5.74, 6) is 1.61. The molecule has 0 aliphatic carbocycles. The van der Waals surface area contributed by atoms with E-state index in [1.54, 1.807) is 0 Å². The van der Waals surface area contributed by atoms with Crippen LogP contribution in [0.25, 0.3) is 0 Å². The lowest BCUT2D eigenvalue weighted by Crippen LogP contribution is -2.19. The molecule has 1 aromatic rings. The van der Waals surface area contributed by atoms with E-state index >= 15 is 0 Å². The molecule has 4 N–H and O–H groups in total. The highest BCUT2D eigenvalue weighted by atomic mass is 16.5. The van der Waals surface area contributed by atoms with Gasteiger partial charge in [0.25, 0.3) is 0 Å². The van der Waals surface area contributed by atoms with Crippen molar-refractivity contribution in [2.75, 3.05) is 30.3 Å². The Labute approximate surface area is 113 Å². The third kappa shape index (κ3) is 4.99. The van der Waals surface area contributed by atoms with Gasteiger partial charge in [0.1, 0.15) is 24.6 Å². The molecule has 0 saturated heterocycles. The molecule has 0 unspecified atom stereocenters. The van der Waals surface area contributed by atoms with E-state index in [-0.39, 0.29) is 6.61 Å². The highest BCUT2D eigenvalue weighted by molar-refractivity contribution is 5.64. The summed E-state index contributed by atoms with van der Waals surface area (Å²) in [6.45, 7) is 5.59. The minimum atomic E-state index is -0.772. The fourth-order valence-corrected chi connectivity index (χ4v) is 1.69. The van der Waals surface area contributed by atoms with Crippen LogP contribution in [0.3, 0.4) is 0 Å². The first kappa shape index (κ1) is 15.0. The number of nitrogens with two attached hydrogens (primary N) is 1. The summed E-state index contributed by atoms with van der Waals surface area (Å²) in [6, 6.07) is 0. The van der Waals surface area contributed by atoms with Crippen LogP contribution < -0.4 is 16.4 Å². The van der Waals surface area contributed by atoms with Crippen molar-refractivity contribution in [3.63, 3.8) is 0 Å². The fourth-order valence-electron chi connectivity index (χ4n) is 1.69. The Balaban J connectivity index is 2.69. The zero-order chi connectivity index (χ0) is 14.1. The number of nitrogens with one attached hydrogen (secondary N) is 2. The Kier molecular flexibility index (Phi) is 6.42. The van der Waals surface area contributed by atoms with Gasteiger partial charge in [0.05, 0.1) is 6.54 Å². The van der Waals surface area contributed by atoms with E-state index in [2.05, 4.69) is 32.3 Å². The van der Waals surface area contributed by atoms with E-state index in [9.17, 15) is 4.79 Å². The van der Waals surface area contributed by atoms with Crippen LogP contribution >= 0.6 is 0 Å². The van der Waals surface area contributed by atoms with E-state index in [4.69, 9.17) is 5.73 Å². The van der Waals surface area contributed by atoms with Gasteiger partial charge in [-0.3, -0.25) is 0 Å². The third-order valence-electron chi connectivity index (χ3n) is 2.43. The molecule has 0 fully saturated rings. The Morgan fingerprint density at radius 1 is 1.32 bits per heavy atom. The minimum absolute atomic E-state index is 0.210. The molecule has 0 spiro atoms. The Morgan fingerprint density at radius 2 is 2.00 bits per heavy atom. The van der Waals surface area contributed by atoms with Gasteiger partial charge in [-0.05, 0) is 13.3 Å². The molecule has 0 aliphatic rings. The minimum Gasteiger partial charge on any atom is -0.448 e. The predicted molar refractivity (Wildman–Crippen MR) is 74.2 cm³/mol. The molecule has 1 amide bonds. The van der Waals surface area contributed by atoms with E-state index < -0.39 is 6.09 Å². The van der Waals surface area contributed by atoms with E-state index in [1.165, 1.54) is 6.33 Å². The number of aromatic nitrogens is 2. The smallest absolute Gasteiger partial charge is 0.404 e. The number of hydrogen-bond acceptors (Lipinski definition) is 6. The zero-order valence-electron chi connectivity index (χ0n) is 11.4. The van der Waals surface area contributed by atoms with Crippen molar-refractivity contribution in [2.24, 2.45) is 5.73 Å². The zero-order valence-corrected chi connectivity index (χ0v) is 11.4. The standard InChI is InChI=1S/C12H21N5O2/c1-3-5-9-10(14-4-2)16-8-17-11(9)15-6-7-19-12(13)18/h8H,3-7H2,1-2H3,(H2,13,18)(H2,14,15,16,17). The number of amides is 1. The van der Waals surface area contributed by atoms with Crippen LogP contribution in [0.5, 0.6) is 0 Å². The van der Waals surface area contributed by atoms with Crippen molar-refractivity contribution >= 4 is 17.7 Å². The Bertz CT molecular complexity index is 411. The molecule has 0 aromatic carbocycles. The number of primary amides is 1. The van der Waals surface area contributed by atoms with Gasteiger partial charge < -0.3 is 21.1 Å². The second kappa shape index (κ2) is 8.12. The Hall–Kier alpha value is -2.05. The molecule has 1 rings (SSSR count). The highest BCUT2D eigenvalue weighted by Gasteiger charge is 2.09. The van der Waals surface area contributed by atoms with Gasteiger partial charge in [-0.25, -0.2) is 14.8 Å². The fraction of sp³-hybridized carbons (Fsp3) is 0.583. The predicted octanol–water partition coefficient (Wildman–Crippen LogP) is 1.37. The molecule has 0 saturated carbocycles. The monoisotopic (exact) mass is 267 g/mol. The number of hydrogen-bond donors (Lipinski definition) is 3. The maximum absolute atomic E-state index is 10.5. The average molecular weight is 267 g/mol. The van der Waals surface area contributed by atoms with Crippen LogP contribution in [0.2, 0.25) is 0 Å². The van der Waals surface area contributed by atoms with Crippen LogP contribution in [0, 0.1) is 0 Å². The van der Waals surface area contributed by atoms with E-state index in [0.717, 1.165) is 36.6 Å². The number of rotatable bonds is 8. The Morgan fingerprint density at radius 3 is 2.58 bits per heavy atom. The molecule has 0 radical (unpaired) electrons. The molecule has 0 atom stereocenters. The maximum atomic E-state index is 10.5.